The van der Waals surface area contributed by atoms with Crippen LogP contribution >= 0.6 is 0 Å². The van der Waals surface area contributed by atoms with Crippen LogP contribution in [-0.4, -0.2) is 53.1 Å². The average molecular weight is 759 g/mol. The molecule has 54 heavy (non-hydrogen) atoms. The van der Waals surface area contributed by atoms with Gasteiger partial charge in [-0.3, -0.25) is 0 Å². The number of ether oxygens (including phenoxy) is 4. The smallest absolute Gasteiger partial charge is 0.489 e. The highest BCUT2D eigenvalue weighted by Crippen LogP contribution is 2.30. The summed E-state index contributed by atoms with van der Waals surface area (Å²) in [7, 11) is 0. The lowest BCUT2D eigenvalue weighted by atomic mass is 10.00. The third-order valence-electron chi connectivity index (χ3n) is 8.14. The molecule has 0 saturated carbocycles. The summed E-state index contributed by atoms with van der Waals surface area (Å²) >= 11 is 0. The summed E-state index contributed by atoms with van der Waals surface area (Å²) in [5.41, 5.74) is 2.49. The Hall–Kier alpha value is -5.73. The number of amides is 3. The van der Waals surface area contributed by atoms with Gasteiger partial charge in [-0.1, -0.05) is 54.6 Å². The van der Waals surface area contributed by atoms with Crippen molar-refractivity contribution in [1.82, 2.24) is 9.80 Å². The van der Waals surface area contributed by atoms with Crippen LogP contribution in [-0.2, 0) is 41.6 Å². The fourth-order valence-corrected chi connectivity index (χ4v) is 5.46. The van der Waals surface area contributed by atoms with Crippen molar-refractivity contribution in [3.8, 4) is 22.6 Å². The van der Waals surface area contributed by atoms with Gasteiger partial charge in [-0.2, -0.15) is 13.2 Å². The Morgan fingerprint density at radius 3 is 1.91 bits per heavy atom. The van der Waals surface area contributed by atoms with E-state index in [0.717, 1.165) is 17.7 Å². The second-order valence-electron chi connectivity index (χ2n) is 13.4. The lowest BCUT2D eigenvalue weighted by Crippen LogP contribution is -2.45. The first-order valence-corrected chi connectivity index (χ1v) is 16.7. The Bertz CT molecular complexity index is 1940. The molecule has 1 heterocycles. The van der Waals surface area contributed by atoms with Gasteiger partial charge in [-0.05, 0) is 103 Å². The molecule has 1 aliphatic rings. The Labute approximate surface area is 307 Å². The molecule has 0 fully saturated rings. The highest BCUT2D eigenvalue weighted by molar-refractivity contribution is 5.93. The molecule has 0 N–H and O–H groups in total. The minimum absolute atomic E-state index is 0.0137. The SMILES string of the molecule is CC(C)(C)OC(=O)N(CCc1ccc(-c2ccc(OC(F)(F)F)cc2)cc1)C(=O)OC(=O)N1CCc2ccc(OCc3ccc(C(F)(F)F)cc3)cc2C1. The van der Waals surface area contributed by atoms with Crippen molar-refractivity contribution >= 4 is 18.3 Å². The first kappa shape index (κ1) is 39.5. The molecular formula is C39H36F6N2O7. The van der Waals surface area contributed by atoms with Crippen molar-refractivity contribution < 1.29 is 59.7 Å². The second-order valence-corrected chi connectivity index (χ2v) is 13.4. The molecule has 3 amide bonds. The number of carbonyl (C=O) groups is 3. The van der Waals surface area contributed by atoms with E-state index < -0.39 is 42.0 Å². The van der Waals surface area contributed by atoms with Crippen LogP contribution in [0.2, 0.25) is 0 Å². The van der Waals surface area contributed by atoms with Gasteiger partial charge in [-0.25, -0.2) is 19.3 Å². The molecule has 5 rings (SSSR count). The van der Waals surface area contributed by atoms with Crippen molar-refractivity contribution in [2.24, 2.45) is 0 Å². The molecule has 4 aromatic rings. The summed E-state index contributed by atoms with van der Waals surface area (Å²) in [6.45, 7) is 4.95. The van der Waals surface area contributed by atoms with E-state index >= 15 is 0 Å². The molecule has 0 radical (unpaired) electrons. The number of imide groups is 1. The maximum atomic E-state index is 13.3. The van der Waals surface area contributed by atoms with Crippen molar-refractivity contribution in [1.29, 1.82) is 0 Å². The number of rotatable bonds is 8. The van der Waals surface area contributed by atoms with Crippen molar-refractivity contribution in [2.75, 3.05) is 13.1 Å². The Morgan fingerprint density at radius 1 is 0.722 bits per heavy atom. The Morgan fingerprint density at radius 2 is 1.31 bits per heavy atom. The van der Waals surface area contributed by atoms with Gasteiger partial charge in [-0.15, -0.1) is 13.2 Å². The van der Waals surface area contributed by atoms with Crippen LogP contribution in [0, 0.1) is 0 Å². The Kier molecular flexibility index (Phi) is 11.8. The first-order chi connectivity index (χ1) is 25.3. The summed E-state index contributed by atoms with van der Waals surface area (Å²) in [5.74, 6) is 0.0782. The number of hydrogen-bond acceptors (Lipinski definition) is 7. The van der Waals surface area contributed by atoms with Crippen LogP contribution in [0.15, 0.2) is 91.0 Å². The molecular weight excluding hydrogens is 722 g/mol. The maximum Gasteiger partial charge on any atom is 0.573 e. The minimum Gasteiger partial charge on any atom is -0.489 e. The first-order valence-electron chi connectivity index (χ1n) is 16.7. The number of benzene rings is 4. The molecule has 0 aliphatic carbocycles. The number of alkyl halides is 6. The van der Waals surface area contributed by atoms with Gasteiger partial charge in [0.2, 0.25) is 0 Å². The fraction of sp³-hybridized carbons (Fsp3) is 0.308. The van der Waals surface area contributed by atoms with Gasteiger partial charge in [0.05, 0.1) is 5.56 Å². The van der Waals surface area contributed by atoms with Crippen LogP contribution in [0.25, 0.3) is 11.1 Å². The number of hydrogen-bond donors (Lipinski definition) is 0. The molecule has 0 unspecified atom stereocenters. The van der Waals surface area contributed by atoms with E-state index in [9.17, 15) is 40.7 Å². The number of fused-ring (bicyclic) bond motifs is 1. The predicted octanol–water partition coefficient (Wildman–Crippen LogP) is 9.94. The standard InChI is InChI=1S/C39H36F6N2O7/c1-37(2,3)54-36(50)47(21-18-25-4-8-27(9-5-25)28-10-15-32(16-11-28)53-39(43,44)45)35(49)52-34(48)46-20-19-29-12-17-33(22-30(29)23-46)51-24-26-6-13-31(14-7-26)38(40,41)42/h4-17,22H,18-21,23-24H2,1-3H3. The molecule has 0 aromatic heterocycles. The molecule has 4 aromatic carbocycles. The zero-order valence-corrected chi connectivity index (χ0v) is 29.4. The zero-order chi connectivity index (χ0) is 39.3. The molecule has 15 heteroatoms. The van der Waals surface area contributed by atoms with Crippen LogP contribution in [0.1, 0.15) is 48.6 Å². The third-order valence-corrected chi connectivity index (χ3v) is 8.14. The van der Waals surface area contributed by atoms with Gasteiger partial charge in [0, 0.05) is 19.6 Å². The molecule has 0 saturated heterocycles. The minimum atomic E-state index is -4.80. The van der Waals surface area contributed by atoms with Gasteiger partial charge >= 0.3 is 30.8 Å². The Balaban J connectivity index is 1.19. The van der Waals surface area contributed by atoms with Crippen molar-refractivity contribution in [2.45, 2.75) is 64.9 Å². The molecule has 9 nitrogen and oxygen atoms in total. The molecule has 0 atom stereocenters. The predicted molar refractivity (Wildman–Crippen MR) is 183 cm³/mol. The van der Waals surface area contributed by atoms with E-state index in [1.165, 1.54) is 41.3 Å². The summed E-state index contributed by atoms with van der Waals surface area (Å²) < 4.78 is 96.4. The van der Waals surface area contributed by atoms with E-state index in [1.807, 2.05) is 6.07 Å². The maximum absolute atomic E-state index is 13.3. The highest BCUT2D eigenvalue weighted by atomic mass is 19.4. The lowest BCUT2D eigenvalue weighted by molar-refractivity contribution is -0.274. The molecule has 0 spiro atoms. The van der Waals surface area contributed by atoms with Gasteiger partial charge in [0.1, 0.15) is 23.7 Å². The normalized spacial score (nSPS) is 13.1. The van der Waals surface area contributed by atoms with Crippen LogP contribution < -0.4 is 9.47 Å². The summed E-state index contributed by atoms with van der Waals surface area (Å²) in [4.78, 5) is 41.6. The van der Waals surface area contributed by atoms with Gasteiger partial charge in [0.25, 0.3) is 0 Å². The topological polar surface area (TPSA) is 94.6 Å². The second kappa shape index (κ2) is 16.1. The number of halogens is 6. The van der Waals surface area contributed by atoms with E-state index in [0.29, 0.717) is 44.9 Å². The van der Waals surface area contributed by atoms with E-state index in [-0.39, 0.29) is 38.4 Å². The molecule has 1 aliphatic heterocycles. The highest BCUT2D eigenvalue weighted by Gasteiger charge is 2.33. The van der Waals surface area contributed by atoms with Gasteiger partial charge in [0.15, 0.2) is 0 Å². The largest absolute Gasteiger partial charge is 0.573 e. The van der Waals surface area contributed by atoms with Crippen LogP contribution in [0.4, 0.5) is 40.7 Å². The monoisotopic (exact) mass is 758 g/mol. The third kappa shape index (κ3) is 11.1. The molecule has 286 valence electrons. The summed E-state index contributed by atoms with van der Waals surface area (Å²) in [6.07, 6.45) is -11.9. The summed E-state index contributed by atoms with van der Waals surface area (Å²) in [6, 6.07) is 22.2. The van der Waals surface area contributed by atoms with Crippen molar-refractivity contribution in [3.05, 3.63) is 119 Å². The van der Waals surface area contributed by atoms with Crippen molar-refractivity contribution in [3.63, 3.8) is 0 Å². The quantitative estimate of drug-likeness (QED) is 0.130. The van der Waals surface area contributed by atoms with Crippen LogP contribution in [0.3, 0.4) is 0 Å². The number of carbonyl (C=O) groups excluding carboxylic acids is 3. The molecule has 0 bridgehead atoms. The number of nitrogens with zero attached hydrogens (tertiary/aromatic N) is 2. The van der Waals surface area contributed by atoms with E-state index in [4.69, 9.17) is 14.2 Å². The van der Waals surface area contributed by atoms with E-state index in [2.05, 4.69) is 4.74 Å². The lowest BCUT2D eigenvalue weighted by Gasteiger charge is -2.29. The van der Waals surface area contributed by atoms with Crippen LogP contribution in [0.5, 0.6) is 11.5 Å². The fourth-order valence-electron chi connectivity index (χ4n) is 5.46. The average Bonchev–Trinajstić information content (AvgIpc) is 3.09. The van der Waals surface area contributed by atoms with E-state index in [1.54, 1.807) is 57.2 Å². The zero-order valence-electron chi connectivity index (χ0n) is 29.4. The summed E-state index contributed by atoms with van der Waals surface area (Å²) in [5, 5.41) is 0. The van der Waals surface area contributed by atoms with Gasteiger partial charge < -0.3 is 23.8 Å².